The Morgan fingerprint density at radius 1 is 1.44 bits per heavy atom. The van der Waals surface area contributed by atoms with E-state index in [4.69, 9.17) is 16.3 Å². The average molecular weight is 248 g/mol. The summed E-state index contributed by atoms with van der Waals surface area (Å²) >= 11 is 6.04. The summed E-state index contributed by atoms with van der Waals surface area (Å²) in [6, 6.07) is 0.240. The zero-order chi connectivity index (χ0) is 11.7. The number of fused-ring (bicyclic) bond motifs is 1. The van der Waals surface area contributed by atoms with Crippen molar-refractivity contribution in [3.05, 3.63) is 0 Å². The van der Waals surface area contributed by atoms with Crippen LogP contribution in [0.25, 0.3) is 0 Å². The number of piperidine rings is 1. The Morgan fingerprint density at radius 3 is 2.81 bits per heavy atom. The van der Waals surface area contributed by atoms with Crippen molar-refractivity contribution in [3.63, 3.8) is 0 Å². The third-order valence-corrected chi connectivity index (χ3v) is 4.18. The van der Waals surface area contributed by atoms with Gasteiger partial charge < -0.3 is 9.84 Å². The molecule has 0 amide bonds. The molecule has 0 aromatic rings. The zero-order valence-corrected chi connectivity index (χ0v) is 10.1. The second-order valence-corrected chi connectivity index (χ2v) is 5.28. The average Bonchev–Trinajstić information content (AvgIpc) is 2.27. The van der Waals surface area contributed by atoms with E-state index in [0.29, 0.717) is 6.42 Å². The van der Waals surface area contributed by atoms with E-state index in [0.717, 1.165) is 19.3 Å². The summed E-state index contributed by atoms with van der Waals surface area (Å²) in [6.07, 6.45) is 3.48. The normalized spacial score (nSPS) is 43.8. The largest absolute Gasteiger partial charge is 0.481 e. The molecule has 1 saturated carbocycles. The van der Waals surface area contributed by atoms with E-state index in [1.165, 1.54) is 0 Å². The van der Waals surface area contributed by atoms with Gasteiger partial charge in [-0.05, 0) is 31.6 Å². The van der Waals surface area contributed by atoms with Gasteiger partial charge in [-0.3, -0.25) is 10.1 Å². The molecule has 1 saturated heterocycles. The minimum Gasteiger partial charge on any atom is -0.481 e. The van der Waals surface area contributed by atoms with Gasteiger partial charge in [-0.1, -0.05) is 0 Å². The molecule has 92 valence electrons. The molecule has 0 aromatic heterocycles. The third kappa shape index (κ3) is 2.34. The molecule has 2 fully saturated rings. The van der Waals surface area contributed by atoms with Gasteiger partial charge in [0.05, 0.1) is 17.5 Å². The molecule has 0 radical (unpaired) electrons. The maximum atomic E-state index is 11.2. The maximum absolute atomic E-state index is 11.2. The molecular weight excluding hydrogens is 230 g/mol. The van der Waals surface area contributed by atoms with Crippen LogP contribution >= 0.6 is 11.6 Å². The highest BCUT2D eigenvalue weighted by Crippen LogP contribution is 2.38. The van der Waals surface area contributed by atoms with E-state index >= 15 is 0 Å². The minimum absolute atomic E-state index is 0.159. The van der Waals surface area contributed by atoms with Crippen LogP contribution in [-0.2, 0) is 9.53 Å². The van der Waals surface area contributed by atoms with Gasteiger partial charge in [0, 0.05) is 13.2 Å². The summed E-state index contributed by atoms with van der Waals surface area (Å²) in [5.41, 5.74) is -0.207. The SMILES string of the molecule is CO[C@@H]1CC[C@@H]2N[C@@H](Cl)C[C@@H](C(=O)O)[C@@H]2C1. The smallest absolute Gasteiger partial charge is 0.306 e. The van der Waals surface area contributed by atoms with E-state index in [9.17, 15) is 9.90 Å². The Labute approximate surface area is 100 Å². The molecule has 2 aliphatic rings. The second kappa shape index (κ2) is 4.90. The highest BCUT2D eigenvalue weighted by molar-refractivity contribution is 6.20. The molecule has 1 aliphatic carbocycles. The summed E-state index contributed by atoms with van der Waals surface area (Å²) in [7, 11) is 1.70. The monoisotopic (exact) mass is 247 g/mol. The molecule has 0 aromatic carbocycles. The Balaban J connectivity index is 2.10. The number of rotatable bonds is 2. The first kappa shape index (κ1) is 12.1. The van der Waals surface area contributed by atoms with Crippen LogP contribution < -0.4 is 5.32 Å². The van der Waals surface area contributed by atoms with Crippen molar-refractivity contribution in [1.29, 1.82) is 0 Å². The molecule has 4 nitrogen and oxygen atoms in total. The molecule has 5 heteroatoms. The molecular formula is C11H18ClNO3. The number of hydrogen-bond acceptors (Lipinski definition) is 3. The van der Waals surface area contributed by atoms with Gasteiger partial charge in [-0.25, -0.2) is 0 Å². The fraction of sp³-hybridized carbons (Fsp3) is 0.909. The van der Waals surface area contributed by atoms with Crippen LogP contribution in [0.15, 0.2) is 0 Å². The number of carboxylic acids is 1. The van der Waals surface area contributed by atoms with Crippen LogP contribution in [-0.4, -0.2) is 35.8 Å². The van der Waals surface area contributed by atoms with Gasteiger partial charge in [0.15, 0.2) is 0 Å². The summed E-state index contributed by atoms with van der Waals surface area (Å²) in [6.45, 7) is 0. The summed E-state index contributed by atoms with van der Waals surface area (Å²) in [5.74, 6) is -0.892. The lowest BCUT2D eigenvalue weighted by Gasteiger charge is -2.44. The first-order chi connectivity index (χ1) is 7.61. The van der Waals surface area contributed by atoms with Crippen LogP contribution in [0, 0.1) is 11.8 Å². The molecule has 1 aliphatic heterocycles. The molecule has 0 spiro atoms. The van der Waals surface area contributed by atoms with Gasteiger partial charge in [0.25, 0.3) is 0 Å². The Hall–Kier alpha value is -0.320. The minimum atomic E-state index is -0.723. The van der Waals surface area contributed by atoms with Crippen molar-refractivity contribution in [3.8, 4) is 0 Å². The molecule has 0 unspecified atom stereocenters. The van der Waals surface area contributed by atoms with Crippen molar-refractivity contribution >= 4 is 17.6 Å². The first-order valence-corrected chi connectivity index (χ1v) is 6.21. The van der Waals surface area contributed by atoms with Gasteiger partial charge in [-0.2, -0.15) is 0 Å². The number of aliphatic carboxylic acids is 1. The zero-order valence-electron chi connectivity index (χ0n) is 9.36. The summed E-state index contributed by atoms with van der Waals surface area (Å²) < 4.78 is 5.34. The summed E-state index contributed by atoms with van der Waals surface area (Å²) in [4.78, 5) is 11.2. The van der Waals surface area contributed by atoms with Gasteiger partial charge in [0.1, 0.15) is 0 Å². The van der Waals surface area contributed by atoms with Gasteiger partial charge >= 0.3 is 5.97 Å². The van der Waals surface area contributed by atoms with Crippen LogP contribution in [0.4, 0.5) is 0 Å². The van der Waals surface area contributed by atoms with Crippen molar-refractivity contribution in [2.24, 2.45) is 11.8 Å². The van der Waals surface area contributed by atoms with Crippen LogP contribution in [0.1, 0.15) is 25.7 Å². The maximum Gasteiger partial charge on any atom is 0.306 e. The molecule has 16 heavy (non-hydrogen) atoms. The molecule has 2 N–H and O–H groups in total. The number of carboxylic acid groups (broad SMARTS) is 1. The number of alkyl halides is 1. The Kier molecular flexibility index (Phi) is 3.72. The van der Waals surface area contributed by atoms with Crippen molar-refractivity contribution in [2.45, 2.75) is 43.3 Å². The van der Waals surface area contributed by atoms with Crippen molar-refractivity contribution < 1.29 is 14.6 Å². The molecule has 0 bridgehead atoms. The van der Waals surface area contributed by atoms with Crippen molar-refractivity contribution in [1.82, 2.24) is 5.32 Å². The number of methoxy groups -OCH3 is 1. The lowest BCUT2D eigenvalue weighted by molar-refractivity contribution is -0.147. The standard InChI is InChI=1S/C11H18ClNO3/c1-16-6-2-3-9-7(4-6)8(11(14)15)5-10(12)13-9/h6-10,13H,2-5H2,1H3,(H,14,15)/t6-,7+,8-,9+,10-/m1/s1. The molecule has 1 heterocycles. The number of halogens is 1. The lowest BCUT2D eigenvalue weighted by Crippen LogP contribution is -2.54. The quantitative estimate of drug-likeness (QED) is 0.573. The summed E-state index contributed by atoms with van der Waals surface area (Å²) in [5, 5.41) is 12.5. The van der Waals surface area contributed by atoms with Crippen molar-refractivity contribution in [2.75, 3.05) is 7.11 Å². The first-order valence-electron chi connectivity index (χ1n) is 5.77. The number of ether oxygens (including phenoxy) is 1. The van der Waals surface area contributed by atoms with E-state index in [-0.39, 0.29) is 29.5 Å². The van der Waals surface area contributed by atoms with Crippen LogP contribution in [0.3, 0.4) is 0 Å². The van der Waals surface area contributed by atoms with Gasteiger partial charge in [0.2, 0.25) is 0 Å². The fourth-order valence-corrected chi connectivity index (χ4v) is 3.37. The van der Waals surface area contributed by atoms with E-state index in [1.807, 2.05) is 0 Å². The van der Waals surface area contributed by atoms with E-state index < -0.39 is 5.97 Å². The highest BCUT2D eigenvalue weighted by atomic mass is 35.5. The highest BCUT2D eigenvalue weighted by Gasteiger charge is 2.43. The Morgan fingerprint density at radius 2 is 2.19 bits per heavy atom. The van der Waals surface area contributed by atoms with E-state index in [2.05, 4.69) is 5.32 Å². The lowest BCUT2D eigenvalue weighted by atomic mass is 9.72. The van der Waals surface area contributed by atoms with E-state index in [1.54, 1.807) is 7.11 Å². The second-order valence-electron chi connectivity index (χ2n) is 4.76. The number of nitrogens with one attached hydrogen (secondary N) is 1. The Bertz CT molecular complexity index is 274. The predicted molar refractivity (Wildman–Crippen MR) is 60.4 cm³/mol. The fourth-order valence-electron chi connectivity index (χ4n) is 3.01. The third-order valence-electron chi connectivity index (χ3n) is 3.87. The van der Waals surface area contributed by atoms with Crippen LogP contribution in [0.2, 0.25) is 0 Å². The van der Waals surface area contributed by atoms with Crippen LogP contribution in [0.5, 0.6) is 0 Å². The molecule has 5 atom stereocenters. The molecule has 2 rings (SSSR count). The number of carbonyl (C=O) groups is 1. The van der Waals surface area contributed by atoms with Gasteiger partial charge in [-0.15, -0.1) is 11.6 Å². The number of hydrogen-bond donors (Lipinski definition) is 2. The predicted octanol–water partition coefficient (Wildman–Crippen LogP) is 1.43. The topological polar surface area (TPSA) is 58.6 Å².